The Labute approximate surface area is 157 Å². The molecule has 27 heavy (non-hydrogen) atoms. The Balaban J connectivity index is 1.43. The molecule has 0 unspecified atom stereocenters. The predicted molar refractivity (Wildman–Crippen MR) is 101 cm³/mol. The third-order valence-corrected chi connectivity index (χ3v) is 4.30. The average Bonchev–Trinajstić information content (AvgIpc) is 3.17. The van der Waals surface area contributed by atoms with E-state index in [-0.39, 0.29) is 18.1 Å². The highest BCUT2D eigenvalue weighted by atomic mass is 19.1. The second kappa shape index (κ2) is 9.07. The first-order chi connectivity index (χ1) is 13.1. The molecular weight excluding hydrogens is 345 g/mol. The minimum atomic E-state index is -0.261. The second-order valence-corrected chi connectivity index (χ2v) is 6.29. The molecular formula is C21H22FN3O2. The van der Waals surface area contributed by atoms with E-state index in [9.17, 15) is 9.18 Å². The van der Waals surface area contributed by atoms with Crippen molar-refractivity contribution in [3.63, 3.8) is 0 Å². The lowest BCUT2D eigenvalue weighted by Crippen LogP contribution is -2.25. The smallest absolute Gasteiger partial charge is 0.227 e. The van der Waals surface area contributed by atoms with Gasteiger partial charge >= 0.3 is 0 Å². The molecule has 0 spiro atoms. The zero-order chi connectivity index (χ0) is 19.1. The van der Waals surface area contributed by atoms with Crippen molar-refractivity contribution in [3.05, 3.63) is 71.4 Å². The number of hydrogen-bond acceptors (Lipinski definition) is 4. The van der Waals surface area contributed by atoms with Gasteiger partial charge in [-0.25, -0.2) is 4.39 Å². The van der Waals surface area contributed by atoms with Gasteiger partial charge in [-0.05, 0) is 36.1 Å². The minimum absolute atomic E-state index is 0.0795. The highest BCUT2D eigenvalue weighted by molar-refractivity contribution is 5.76. The Kier molecular flexibility index (Phi) is 6.30. The van der Waals surface area contributed by atoms with Crippen molar-refractivity contribution in [2.75, 3.05) is 6.54 Å². The summed E-state index contributed by atoms with van der Waals surface area (Å²) in [5.41, 5.74) is 3.12. The van der Waals surface area contributed by atoms with Crippen LogP contribution >= 0.6 is 0 Å². The molecule has 0 bridgehead atoms. The number of benzene rings is 2. The number of aryl methyl sites for hydroxylation is 2. The van der Waals surface area contributed by atoms with E-state index in [0.29, 0.717) is 31.1 Å². The third-order valence-electron chi connectivity index (χ3n) is 4.30. The van der Waals surface area contributed by atoms with Gasteiger partial charge in [0.1, 0.15) is 5.82 Å². The molecule has 3 aromatic rings. The summed E-state index contributed by atoms with van der Waals surface area (Å²) in [6.07, 6.45) is 2.31. The number of carbonyl (C=O) groups excluding carboxylic acids is 1. The maximum atomic E-state index is 12.9. The predicted octanol–water partition coefficient (Wildman–Crippen LogP) is 3.73. The number of hydrogen-bond donors (Lipinski definition) is 1. The number of amides is 1. The van der Waals surface area contributed by atoms with Gasteiger partial charge in [0.2, 0.25) is 17.6 Å². The Morgan fingerprint density at radius 1 is 1.04 bits per heavy atom. The van der Waals surface area contributed by atoms with E-state index in [1.54, 1.807) is 12.1 Å². The molecule has 0 aliphatic carbocycles. The first-order valence-corrected chi connectivity index (χ1v) is 9.07. The third kappa shape index (κ3) is 5.48. The fourth-order valence-electron chi connectivity index (χ4n) is 2.67. The van der Waals surface area contributed by atoms with Crippen LogP contribution in [0.4, 0.5) is 4.39 Å². The summed E-state index contributed by atoms with van der Waals surface area (Å²) in [7, 11) is 0. The van der Waals surface area contributed by atoms with Crippen LogP contribution in [0.1, 0.15) is 30.4 Å². The number of nitrogens with zero attached hydrogens (tertiary/aromatic N) is 2. The summed E-state index contributed by atoms with van der Waals surface area (Å²) in [5, 5.41) is 6.82. The zero-order valence-electron chi connectivity index (χ0n) is 15.2. The van der Waals surface area contributed by atoms with Crippen molar-refractivity contribution in [2.24, 2.45) is 0 Å². The molecule has 0 aliphatic rings. The van der Waals surface area contributed by atoms with Gasteiger partial charge in [0.15, 0.2) is 0 Å². The first-order valence-electron chi connectivity index (χ1n) is 9.07. The van der Waals surface area contributed by atoms with Crippen molar-refractivity contribution in [1.29, 1.82) is 0 Å². The highest BCUT2D eigenvalue weighted by Crippen LogP contribution is 2.17. The van der Waals surface area contributed by atoms with Gasteiger partial charge in [0.25, 0.3) is 0 Å². The molecule has 0 fully saturated rings. The van der Waals surface area contributed by atoms with Crippen molar-refractivity contribution in [2.45, 2.75) is 32.6 Å². The Morgan fingerprint density at radius 2 is 1.74 bits per heavy atom. The highest BCUT2D eigenvalue weighted by Gasteiger charge is 2.10. The van der Waals surface area contributed by atoms with Gasteiger partial charge in [0.05, 0.1) is 0 Å². The second-order valence-electron chi connectivity index (χ2n) is 6.29. The van der Waals surface area contributed by atoms with Gasteiger partial charge in [-0.15, -0.1) is 0 Å². The number of aromatic nitrogens is 2. The normalized spacial score (nSPS) is 10.7. The van der Waals surface area contributed by atoms with Gasteiger partial charge in [-0.3, -0.25) is 4.79 Å². The maximum absolute atomic E-state index is 12.9. The van der Waals surface area contributed by atoms with E-state index in [1.807, 2.05) is 24.3 Å². The number of rotatable bonds is 8. The van der Waals surface area contributed by atoms with Gasteiger partial charge in [0, 0.05) is 24.9 Å². The molecule has 0 radical (unpaired) electrons. The lowest BCUT2D eigenvalue weighted by atomic mass is 10.1. The Bertz CT molecular complexity index is 873. The molecule has 5 nitrogen and oxygen atoms in total. The van der Waals surface area contributed by atoms with Crippen molar-refractivity contribution < 1.29 is 13.7 Å². The molecule has 1 N–H and O–H groups in total. The van der Waals surface area contributed by atoms with E-state index in [1.165, 1.54) is 17.7 Å². The van der Waals surface area contributed by atoms with Crippen LogP contribution in [-0.2, 0) is 24.1 Å². The Hall–Kier alpha value is -3.02. The SMILES string of the molecule is CCc1ccc(-c2noc(CCC(=O)NCCc3ccc(F)cc3)n2)cc1. The molecule has 140 valence electrons. The molecule has 3 rings (SSSR count). The zero-order valence-corrected chi connectivity index (χ0v) is 15.2. The molecule has 0 aliphatic heterocycles. The van der Waals surface area contributed by atoms with Crippen LogP contribution < -0.4 is 5.32 Å². The van der Waals surface area contributed by atoms with Crippen LogP contribution in [0, 0.1) is 5.82 Å². The van der Waals surface area contributed by atoms with E-state index in [4.69, 9.17) is 4.52 Å². The van der Waals surface area contributed by atoms with Gasteiger partial charge < -0.3 is 9.84 Å². The first kappa shape index (κ1) is 18.8. The fourth-order valence-corrected chi connectivity index (χ4v) is 2.67. The maximum Gasteiger partial charge on any atom is 0.227 e. The minimum Gasteiger partial charge on any atom is -0.356 e. The topological polar surface area (TPSA) is 68.0 Å². The molecule has 1 aromatic heterocycles. The van der Waals surface area contributed by atoms with Crippen molar-refractivity contribution >= 4 is 5.91 Å². The number of halogens is 1. The average molecular weight is 367 g/mol. The Morgan fingerprint density at radius 3 is 2.44 bits per heavy atom. The molecule has 0 atom stereocenters. The monoisotopic (exact) mass is 367 g/mol. The van der Waals surface area contributed by atoms with E-state index in [2.05, 4.69) is 22.4 Å². The van der Waals surface area contributed by atoms with Crippen molar-refractivity contribution in [3.8, 4) is 11.4 Å². The summed E-state index contributed by atoms with van der Waals surface area (Å²) in [6, 6.07) is 14.3. The summed E-state index contributed by atoms with van der Waals surface area (Å²) in [6.45, 7) is 2.61. The number of carbonyl (C=O) groups is 1. The van der Waals surface area contributed by atoms with Crippen LogP contribution in [-0.4, -0.2) is 22.6 Å². The summed E-state index contributed by atoms with van der Waals surface area (Å²) in [5.74, 6) is 0.634. The van der Waals surface area contributed by atoms with Crippen LogP contribution in [0.5, 0.6) is 0 Å². The standard InChI is InChI=1S/C21H22FN3O2/c1-2-15-3-7-17(8-4-15)21-24-20(27-25-21)12-11-19(26)23-14-13-16-5-9-18(22)10-6-16/h3-10H,2,11-14H2,1H3,(H,23,26). The van der Waals surface area contributed by atoms with E-state index >= 15 is 0 Å². The van der Waals surface area contributed by atoms with Crippen LogP contribution in [0.3, 0.4) is 0 Å². The van der Waals surface area contributed by atoms with Crippen LogP contribution in [0.15, 0.2) is 53.1 Å². The summed E-state index contributed by atoms with van der Waals surface area (Å²) >= 11 is 0. The molecule has 1 amide bonds. The van der Waals surface area contributed by atoms with Crippen LogP contribution in [0.2, 0.25) is 0 Å². The molecule has 1 heterocycles. The lowest BCUT2D eigenvalue weighted by Gasteiger charge is -2.04. The van der Waals surface area contributed by atoms with E-state index < -0.39 is 0 Å². The van der Waals surface area contributed by atoms with Gasteiger partial charge in [-0.2, -0.15) is 4.98 Å². The van der Waals surface area contributed by atoms with Gasteiger partial charge in [-0.1, -0.05) is 48.5 Å². The van der Waals surface area contributed by atoms with E-state index in [0.717, 1.165) is 17.5 Å². The molecule has 2 aromatic carbocycles. The quantitative estimate of drug-likeness (QED) is 0.659. The number of nitrogens with one attached hydrogen (secondary N) is 1. The van der Waals surface area contributed by atoms with Crippen LogP contribution in [0.25, 0.3) is 11.4 Å². The summed E-state index contributed by atoms with van der Waals surface area (Å²) in [4.78, 5) is 16.3. The fraction of sp³-hybridized carbons (Fsp3) is 0.286. The molecule has 6 heteroatoms. The molecule has 0 saturated heterocycles. The van der Waals surface area contributed by atoms with Crippen molar-refractivity contribution in [1.82, 2.24) is 15.5 Å². The lowest BCUT2D eigenvalue weighted by molar-refractivity contribution is -0.121. The largest absolute Gasteiger partial charge is 0.356 e. The summed E-state index contributed by atoms with van der Waals surface area (Å²) < 4.78 is 18.1. The molecule has 0 saturated carbocycles.